The predicted octanol–water partition coefficient (Wildman–Crippen LogP) is 1.99. The average Bonchev–Trinajstić information content (AvgIpc) is 2.12. The summed E-state index contributed by atoms with van der Waals surface area (Å²) in [5.74, 6) is -0.303. The second-order valence-corrected chi connectivity index (χ2v) is 4.04. The summed E-state index contributed by atoms with van der Waals surface area (Å²) in [5, 5.41) is 9.53. The lowest BCUT2D eigenvalue weighted by molar-refractivity contribution is 0.0964. The minimum atomic E-state index is -0.612. The molecule has 3 N–H and O–H groups in total. The van der Waals surface area contributed by atoms with Crippen LogP contribution in [0.2, 0.25) is 0 Å². The molecule has 0 heterocycles. The van der Waals surface area contributed by atoms with Gasteiger partial charge in [0, 0.05) is 4.47 Å². The molecule has 0 aromatic heterocycles. The van der Waals surface area contributed by atoms with Gasteiger partial charge in [0.05, 0.1) is 11.6 Å². The van der Waals surface area contributed by atoms with Crippen molar-refractivity contribution in [2.24, 2.45) is 5.73 Å². The molecule has 0 fully saturated rings. The Morgan fingerprint density at radius 1 is 1.57 bits per heavy atom. The van der Waals surface area contributed by atoms with Crippen LogP contribution in [0.25, 0.3) is 0 Å². The molecule has 1 unspecified atom stereocenters. The van der Waals surface area contributed by atoms with Crippen molar-refractivity contribution in [3.8, 4) is 5.75 Å². The highest BCUT2D eigenvalue weighted by atomic mass is 79.9. The SMILES string of the molecule is Cc1ccc(O)c(C(=O)C(C)N)c1Br. The van der Waals surface area contributed by atoms with Crippen LogP contribution in [0.15, 0.2) is 16.6 Å². The predicted molar refractivity (Wildman–Crippen MR) is 58.5 cm³/mol. The summed E-state index contributed by atoms with van der Waals surface area (Å²) in [6, 6.07) is 2.62. The van der Waals surface area contributed by atoms with Gasteiger partial charge in [-0.3, -0.25) is 4.79 Å². The number of nitrogens with two attached hydrogens (primary N) is 1. The van der Waals surface area contributed by atoms with Gasteiger partial charge < -0.3 is 10.8 Å². The van der Waals surface area contributed by atoms with Gasteiger partial charge in [-0.2, -0.15) is 0 Å². The third-order valence-corrected chi connectivity index (χ3v) is 2.99. The second kappa shape index (κ2) is 4.11. The van der Waals surface area contributed by atoms with Crippen LogP contribution in [0.5, 0.6) is 5.75 Å². The Morgan fingerprint density at radius 2 is 2.14 bits per heavy atom. The van der Waals surface area contributed by atoms with Crippen molar-refractivity contribution in [2.75, 3.05) is 0 Å². The summed E-state index contributed by atoms with van der Waals surface area (Å²) >= 11 is 3.26. The largest absolute Gasteiger partial charge is 0.507 e. The van der Waals surface area contributed by atoms with E-state index >= 15 is 0 Å². The molecule has 14 heavy (non-hydrogen) atoms. The molecule has 0 amide bonds. The van der Waals surface area contributed by atoms with Crippen LogP contribution in [0.3, 0.4) is 0 Å². The van der Waals surface area contributed by atoms with E-state index in [1.165, 1.54) is 6.07 Å². The number of Topliss-reactive ketones (excluding diaryl/α,β-unsaturated/α-hetero) is 1. The number of phenols is 1. The van der Waals surface area contributed by atoms with E-state index < -0.39 is 6.04 Å². The molecule has 0 saturated heterocycles. The van der Waals surface area contributed by atoms with Gasteiger partial charge in [0.1, 0.15) is 5.75 Å². The molecular weight excluding hydrogens is 246 g/mol. The van der Waals surface area contributed by atoms with Crippen molar-refractivity contribution in [1.82, 2.24) is 0 Å². The smallest absolute Gasteiger partial charge is 0.184 e. The van der Waals surface area contributed by atoms with Gasteiger partial charge >= 0.3 is 0 Å². The van der Waals surface area contributed by atoms with Crippen LogP contribution in [-0.4, -0.2) is 16.9 Å². The Morgan fingerprint density at radius 3 is 2.64 bits per heavy atom. The molecule has 1 aromatic carbocycles. The van der Waals surface area contributed by atoms with E-state index in [0.29, 0.717) is 4.47 Å². The number of phenolic OH excluding ortho intramolecular Hbond substituents is 1. The van der Waals surface area contributed by atoms with Crippen molar-refractivity contribution in [3.05, 3.63) is 27.7 Å². The van der Waals surface area contributed by atoms with Crippen molar-refractivity contribution in [3.63, 3.8) is 0 Å². The van der Waals surface area contributed by atoms with Gasteiger partial charge in [-0.1, -0.05) is 6.07 Å². The first-order valence-electron chi connectivity index (χ1n) is 4.23. The molecule has 4 heteroatoms. The number of ketones is 1. The molecule has 0 aliphatic carbocycles. The second-order valence-electron chi connectivity index (χ2n) is 3.24. The molecule has 0 spiro atoms. The zero-order valence-electron chi connectivity index (χ0n) is 8.04. The van der Waals surface area contributed by atoms with Crippen molar-refractivity contribution in [1.29, 1.82) is 0 Å². The van der Waals surface area contributed by atoms with Crippen LogP contribution in [-0.2, 0) is 0 Å². The Hall–Kier alpha value is -0.870. The van der Waals surface area contributed by atoms with E-state index in [1.807, 2.05) is 6.92 Å². The molecule has 1 rings (SSSR count). The first-order chi connectivity index (χ1) is 6.45. The number of halogens is 1. The molecule has 0 radical (unpaired) electrons. The fourth-order valence-corrected chi connectivity index (χ4v) is 1.66. The highest BCUT2D eigenvalue weighted by Gasteiger charge is 2.19. The summed E-state index contributed by atoms with van der Waals surface area (Å²) in [5.41, 5.74) is 6.63. The molecule has 0 bridgehead atoms. The van der Waals surface area contributed by atoms with Gasteiger partial charge in [0.15, 0.2) is 5.78 Å². The van der Waals surface area contributed by atoms with Gasteiger partial charge in [-0.05, 0) is 41.4 Å². The summed E-state index contributed by atoms with van der Waals surface area (Å²) in [6.45, 7) is 3.44. The van der Waals surface area contributed by atoms with Crippen LogP contribution < -0.4 is 5.73 Å². The van der Waals surface area contributed by atoms with E-state index in [9.17, 15) is 9.90 Å². The number of benzene rings is 1. The fraction of sp³-hybridized carbons (Fsp3) is 0.300. The van der Waals surface area contributed by atoms with Gasteiger partial charge in [0.25, 0.3) is 0 Å². The molecule has 0 aliphatic heterocycles. The van der Waals surface area contributed by atoms with Crippen LogP contribution in [0.4, 0.5) is 0 Å². The average molecular weight is 258 g/mol. The highest BCUT2D eigenvalue weighted by molar-refractivity contribution is 9.10. The molecule has 1 atom stereocenters. The van der Waals surface area contributed by atoms with Crippen LogP contribution >= 0.6 is 15.9 Å². The highest BCUT2D eigenvalue weighted by Crippen LogP contribution is 2.29. The maximum Gasteiger partial charge on any atom is 0.184 e. The molecule has 76 valence electrons. The van der Waals surface area contributed by atoms with E-state index in [1.54, 1.807) is 13.0 Å². The Balaban J connectivity index is 3.33. The topological polar surface area (TPSA) is 63.3 Å². The third-order valence-electron chi connectivity index (χ3n) is 1.97. The zero-order valence-corrected chi connectivity index (χ0v) is 9.63. The first-order valence-corrected chi connectivity index (χ1v) is 5.02. The monoisotopic (exact) mass is 257 g/mol. The number of rotatable bonds is 2. The van der Waals surface area contributed by atoms with Crippen LogP contribution in [0.1, 0.15) is 22.8 Å². The number of aryl methyl sites for hydroxylation is 1. The first kappa shape index (κ1) is 11.2. The number of carbonyl (C=O) groups is 1. The lowest BCUT2D eigenvalue weighted by Crippen LogP contribution is -2.27. The summed E-state index contributed by atoms with van der Waals surface area (Å²) in [6.07, 6.45) is 0. The van der Waals surface area contributed by atoms with Gasteiger partial charge in [-0.15, -0.1) is 0 Å². The number of aromatic hydroxyl groups is 1. The van der Waals surface area contributed by atoms with E-state index in [0.717, 1.165) is 5.56 Å². The normalized spacial score (nSPS) is 12.6. The summed E-state index contributed by atoms with van der Waals surface area (Å²) < 4.78 is 0.611. The van der Waals surface area contributed by atoms with Crippen molar-refractivity contribution < 1.29 is 9.90 Å². The Labute approximate surface area is 91.1 Å². The van der Waals surface area contributed by atoms with Gasteiger partial charge in [-0.25, -0.2) is 0 Å². The van der Waals surface area contributed by atoms with Gasteiger partial charge in [0.2, 0.25) is 0 Å². The number of hydrogen-bond donors (Lipinski definition) is 2. The summed E-state index contributed by atoms with van der Waals surface area (Å²) in [7, 11) is 0. The number of carbonyl (C=O) groups excluding carboxylic acids is 1. The minimum absolute atomic E-state index is 0.0372. The maximum atomic E-state index is 11.6. The van der Waals surface area contributed by atoms with E-state index in [-0.39, 0.29) is 17.1 Å². The third kappa shape index (κ3) is 1.96. The quantitative estimate of drug-likeness (QED) is 0.797. The molecule has 1 aromatic rings. The van der Waals surface area contributed by atoms with Crippen LogP contribution in [0, 0.1) is 6.92 Å². The van der Waals surface area contributed by atoms with Crippen molar-refractivity contribution in [2.45, 2.75) is 19.9 Å². The maximum absolute atomic E-state index is 11.6. The lowest BCUT2D eigenvalue weighted by Gasteiger charge is -2.10. The fourth-order valence-electron chi connectivity index (χ4n) is 1.13. The molecule has 0 saturated carbocycles. The van der Waals surface area contributed by atoms with Crippen molar-refractivity contribution >= 4 is 21.7 Å². The Bertz CT molecular complexity index is 375. The lowest BCUT2D eigenvalue weighted by atomic mass is 10.0. The standard InChI is InChI=1S/C10H12BrNO2/c1-5-3-4-7(13)8(9(5)11)10(14)6(2)12/h3-4,6,13H,12H2,1-2H3. The molecule has 0 aliphatic rings. The Kier molecular flexibility index (Phi) is 3.29. The molecular formula is C10H12BrNO2. The van der Waals surface area contributed by atoms with E-state index in [4.69, 9.17) is 5.73 Å². The number of hydrogen-bond acceptors (Lipinski definition) is 3. The molecule has 3 nitrogen and oxygen atoms in total. The van der Waals surface area contributed by atoms with E-state index in [2.05, 4.69) is 15.9 Å². The zero-order chi connectivity index (χ0) is 10.9. The minimum Gasteiger partial charge on any atom is -0.507 e. The summed E-state index contributed by atoms with van der Waals surface area (Å²) in [4.78, 5) is 11.6.